The molecule has 2 heterocycles. The van der Waals surface area contributed by atoms with Crippen LogP contribution in [0.4, 0.5) is 5.00 Å². The minimum absolute atomic E-state index is 0.169. The van der Waals surface area contributed by atoms with E-state index in [-0.39, 0.29) is 10.8 Å². The van der Waals surface area contributed by atoms with Crippen LogP contribution in [0.25, 0.3) is 0 Å². The molecule has 0 saturated heterocycles. The summed E-state index contributed by atoms with van der Waals surface area (Å²) in [4.78, 5) is 22.5. The number of amides is 1. The first-order valence-corrected chi connectivity index (χ1v) is 5.45. The summed E-state index contributed by atoms with van der Waals surface area (Å²) in [5.74, 6) is -0.975. The monoisotopic (exact) mass is 252 g/mol. The van der Waals surface area contributed by atoms with E-state index in [1.807, 2.05) is 0 Å². The lowest BCUT2D eigenvalue weighted by molar-refractivity contribution is 0.0702. The summed E-state index contributed by atoms with van der Waals surface area (Å²) in [6.07, 6.45) is 1.32. The highest BCUT2D eigenvalue weighted by Crippen LogP contribution is 2.22. The number of nitrogens with one attached hydrogen (secondary N) is 1. The van der Waals surface area contributed by atoms with Crippen LogP contribution >= 0.6 is 11.3 Å². The van der Waals surface area contributed by atoms with Gasteiger partial charge in [-0.15, -0.1) is 11.3 Å². The van der Waals surface area contributed by atoms with Crippen molar-refractivity contribution >= 4 is 28.2 Å². The van der Waals surface area contributed by atoms with Crippen LogP contribution in [0, 0.1) is 6.92 Å². The second-order valence-electron chi connectivity index (χ2n) is 3.22. The third-order valence-electron chi connectivity index (χ3n) is 2.05. The molecule has 6 nitrogen and oxygen atoms in total. The Balaban J connectivity index is 2.13. The van der Waals surface area contributed by atoms with Gasteiger partial charge in [-0.3, -0.25) is 4.79 Å². The van der Waals surface area contributed by atoms with Gasteiger partial charge in [-0.05, 0) is 19.1 Å². The van der Waals surface area contributed by atoms with Crippen LogP contribution in [0.1, 0.15) is 25.8 Å². The summed E-state index contributed by atoms with van der Waals surface area (Å²) in [6.45, 7) is 1.62. The first-order chi connectivity index (χ1) is 8.08. The van der Waals surface area contributed by atoms with Crippen molar-refractivity contribution < 1.29 is 19.2 Å². The number of anilines is 1. The molecule has 0 aliphatic carbocycles. The Morgan fingerprint density at radius 2 is 2.24 bits per heavy atom. The zero-order chi connectivity index (χ0) is 12.4. The van der Waals surface area contributed by atoms with E-state index in [1.165, 1.54) is 18.3 Å². The van der Waals surface area contributed by atoms with Gasteiger partial charge in [0.25, 0.3) is 5.91 Å². The molecule has 0 fully saturated rings. The molecule has 2 aromatic rings. The second-order valence-corrected chi connectivity index (χ2v) is 4.30. The number of rotatable bonds is 3. The van der Waals surface area contributed by atoms with Gasteiger partial charge in [-0.25, -0.2) is 4.79 Å². The number of nitrogens with zero attached hydrogens (tertiary/aromatic N) is 1. The molecule has 0 bridgehead atoms. The number of thiophene rings is 1. The zero-order valence-electron chi connectivity index (χ0n) is 8.76. The standard InChI is InChI=1S/C10H8N2O4S/c1-5-6(4-11-16-5)9(13)12-8-3-2-7(17-8)10(14)15/h2-4H,1H3,(H,12,13)(H,14,15). The van der Waals surface area contributed by atoms with Crippen LogP contribution in [0.3, 0.4) is 0 Å². The summed E-state index contributed by atoms with van der Waals surface area (Å²) in [5.41, 5.74) is 0.329. The summed E-state index contributed by atoms with van der Waals surface area (Å²) in [5, 5.41) is 15.3. The maximum atomic E-state index is 11.7. The van der Waals surface area contributed by atoms with Crippen molar-refractivity contribution in [3.8, 4) is 0 Å². The molecule has 0 spiro atoms. The largest absolute Gasteiger partial charge is 0.477 e. The van der Waals surface area contributed by atoms with Crippen molar-refractivity contribution in [2.75, 3.05) is 5.32 Å². The number of hydrogen-bond donors (Lipinski definition) is 2. The van der Waals surface area contributed by atoms with Gasteiger partial charge in [-0.2, -0.15) is 0 Å². The summed E-state index contributed by atoms with van der Waals surface area (Å²) < 4.78 is 4.77. The quantitative estimate of drug-likeness (QED) is 0.871. The third-order valence-corrected chi connectivity index (χ3v) is 3.04. The Kier molecular flexibility index (Phi) is 2.92. The van der Waals surface area contributed by atoms with Crippen molar-refractivity contribution in [1.29, 1.82) is 0 Å². The van der Waals surface area contributed by atoms with Gasteiger partial charge in [0.2, 0.25) is 0 Å². The van der Waals surface area contributed by atoms with Crippen molar-refractivity contribution in [3.63, 3.8) is 0 Å². The zero-order valence-corrected chi connectivity index (χ0v) is 9.58. The maximum Gasteiger partial charge on any atom is 0.345 e. The van der Waals surface area contributed by atoms with Crippen molar-refractivity contribution in [2.45, 2.75) is 6.92 Å². The molecule has 2 rings (SSSR count). The highest BCUT2D eigenvalue weighted by Gasteiger charge is 2.14. The molecule has 0 saturated carbocycles. The summed E-state index contributed by atoms with van der Waals surface area (Å²) in [6, 6.07) is 2.97. The van der Waals surface area contributed by atoms with E-state index in [2.05, 4.69) is 10.5 Å². The Hall–Kier alpha value is -2.15. The number of hydrogen-bond acceptors (Lipinski definition) is 5. The number of carboxylic acids is 1. The number of aromatic carboxylic acids is 1. The van der Waals surface area contributed by atoms with Gasteiger partial charge >= 0.3 is 5.97 Å². The predicted molar refractivity (Wildman–Crippen MR) is 60.5 cm³/mol. The van der Waals surface area contributed by atoms with Gasteiger partial charge in [0.15, 0.2) is 0 Å². The minimum atomic E-state index is -1.02. The van der Waals surface area contributed by atoms with Gasteiger partial charge in [0.1, 0.15) is 16.2 Å². The second kappa shape index (κ2) is 4.38. The number of carbonyl (C=O) groups is 2. The summed E-state index contributed by atoms with van der Waals surface area (Å²) in [7, 11) is 0. The molecule has 0 unspecified atom stereocenters. The molecular weight excluding hydrogens is 244 g/mol. The van der Waals surface area contributed by atoms with Gasteiger partial charge in [0.05, 0.1) is 11.2 Å². The molecule has 7 heteroatoms. The molecular formula is C10H8N2O4S. The minimum Gasteiger partial charge on any atom is -0.477 e. The smallest absolute Gasteiger partial charge is 0.345 e. The Morgan fingerprint density at radius 1 is 1.47 bits per heavy atom. The van der Waals surface area contributed by atoms with E-state index >= 15 is 0 Å². The SMILES string of the molecule is Cc1oncc1C(=O)Nc1ccc(C(=O)O)s1. The lowest BCUT2D eigenvalue weighted by Gasteiger charge is -1.99. The Morgan fingerprint density at radius 3 is 2.76 bits per heavy atom. The Labute approximate surface area is 99.9 Å². The number of carboxylic acid groups (broad SMARTS) is 1. The van der Waals surface area contributed by atoms with E-state index in [9.17, 15) is 9.59 Å². The van der Waals surface area contributed by atoms with Crippen LogP contribution < -0.4 is 5.32 Å². The molecule has 0 aliphatic rings. The van der Waals surface area contributed by atoms with Crippen LogP contribution in [-0.4, -0.2) is 22.1 Å². The molecule has 0 atom stereocenters. The molecule has 2 N–H and O–H groups in total. The first-order valence-electron chi connectivity index (χ1n) is 4.63. The number of aryl methyl sites for hydroxylation is 1. The maximum absolute atomic E-state index is 11.7. The Bertz CT molecular complexity index is 572. The lowest BCUT2D eigenvalue weighted by atomic mass is 10.2. The molecule has 88 valence electrons. The van der Waals surface area contributed by atoms with Crippen LogP contribution in [0.5, 0.6) is 0 Å². The van der Waals surface area contributed by atoms with E-state index in [0.29, 0.717) is 16.3 Å². The van der Waals surface area contributed by atoms with Gasteiger partial charge in [-0.1, -0.05) is 5.16 Å². The van der Waals surface area contributed by atoms with E-state index in [1.54, 1.807) is 6.92 Å². The van der Waals surface area contributed by atoms with Crippen molar-refractivity contribution in [1.82, 2.24) is 5.16 Å². The first kappa shape index (κ1) is 11.3. The van der Waals surface area contributed by atoms with E-state index in [4.69, 9.17) is 9.63 Å². The van der Waals surface area contributed by atoms with Crippen molar-refractivity contribution in [3.05, 3.63) is 34.5 Å². The average molecular weight is 252 g/mol. The average Bonchev–Trinajstić information content (AvgIpc) is 2.86. The highest BCUT2D eigenvalue weighted by molar-refractivity contribution is 7.18. The fourth-order valence-corrected chi connectivity index (χ4v) is 1.96. The van der Waals surface area contributed by atoms with Crippen molar-refractivity contribution in [2.24, 2.45) is 0 Å². The van der Waals surface area contributed by atoms with Gasteiger partial charge < -0.3 is 14.9 Å². The topological polar surface area (TPSA) is 92.4 Å². The molecule has 0 aromatic carbocycles. The predicted octanol–water partition coefficient (Wildman–Crippen LogP) is 2.00. The highest BCUT2D eigenvalue weighted by atomic mass is 32.1. The number of carbonyl (C=O) groups excluding carboxylic acids is 1. The number of aromatic nitrogens is 1. The molecule has 2 aromatic heterocycles. The van der Waals surface area contributed by atoms with Gasteiger partial charge in [0, 0.05) is 0 Å². The van der Waals surface area contributed by atoms with Crippen LogP contribution in [0.2, 0.25) is 0 Å². The molecule has 1 amide bonds. The van der Waals surface area contributed by atoms with Crippen LogP contribution in [-0.2, 0) is 0 Å². The lowest BCUT2D eigenvalue weighted by Crippen LogP contribution is -2.10. The molecule has 0 aliphatic heterocycles. The third kappa shape index (κ3) is 2.34. The van der Waals surface area contributed by atoms with E-state index < -0.39 is 5.97 Å². The fraction of sp³-hybridized carbons (Fsp3) is 0.100. The van der Waals surface area contributed by atoms with E-state index in [0.717, 1.165) is 11.3 Å². The fourth-order valence-electron chi connectivity index (χ4n) is 1.22. The van der Waals surface area contributed by atoms with Crippen LogP contribution in [0.15, 0.2) is 22.9 Å². The normalized spacial score (nSPS) is 10.2. The summed E-state index contributed by atoms with van der Waals surface area (Å²) >= 11 is 0.990. The molecule has 0 radical (unpaired) electrons. The molecule has 17 heavy (non-hydrogen) atoms.